The van der Waals surface area contributed by atoms with Crippen molar-refractivity contribution in [1.82, 2.24) is 10.3 Å². The Morgan fingerprint density at radius 3 is 2.62 bits per heavy atom. The molecule has 1 saturated carbocycles. The van der Waals surface area contributed by atoms with Gasteiger partial charge in [0.2, 0.25) is 5.91 Å². The van der Waals surface area contributed by atoms with E-state index >= 15 is 0 Å². The molecule has 1 aromatic carbocycles. The second-order valence-electron chi connectivity index (χ2n) is 7.38. The molecule has 1 aliphatic rings. The molecule has 1 aromatic heterocycles. The first-order valence-electron chi connectivity index (χ1n) is 8.95. The van der Waals surface area contributed by atoms with E-state index in [4.69, 9.17) is 16.3 Å². The molecule has 0 unspecified atom stereocenters. The van der Waals surface area contributed by atoms with Crippen molar-refractivity contribution in [3.63, 3.8) is 0 Å². The van der Waals surface area contributed by atoms with Crippen LogP contribution in [0.15, 0.2) is 42.6 Å². The number of rotatable bonds is 7. The topological polar surface area (TPSA) is 71.5 Å². The summed E-state index contributed by atoms with van der Waals surface area (Å²) in [4.78, 5) is 16.5. The van der Waals surface area contributed by atoms with Crippen LogP contribution in [0.1, 0.15) is 37.3 Å². The summed E-state index contributed by atoms with van der Waals surface area (Å²) in [6.45, 7) is 0.122. The van der Waals surface area contributed by atoms with Gasteiger partial charge >= 0.3 is 6.18 Å². The van der Waals surface area contributed by atoms with E-state index < -0.39 is 23.9 Å². The lowest BCUT2D eigenvalue weighted by molar-refractivity contribution is -0.153. The van der Waals surface area contributed by atoms with E-state index in [1.807, 2.05) is 0 Å². The van der Waals surface area contributed by atoms with Gasteiger partial charge in [-0.25, -0.2) is 4.98 Å². The number of amides is 1. The first-order chi connectivity index (χ1) is 13.5. The molecule has 0 aliphatic heterocycles. The van der Waals surface area contributed by atoms with Gasteiger partial charge in [0.1, 0.15) is 10.9 Å². The van der Waals surface area contributed by atoms with Gasteiger partial charge in [0, 0.05) is 11.8 Å². The molecule has 1 atom stereocenters. The first kappa shape index (κ1) is 21.4. The normalized spacial score (nSPS) is 17.3. The summed E-state index contributed by atoms with van der Waals surface area (Å²) in [5.74, 6) is -0.302. The molecule has 0 spiro atoms. The van der Waals surface area contributed by atoms with Crippen LogP contribution in [0, 0.1) is 0 Å². The highest BCUT2D eigenvalue weighted by atomic mass is 35.5. The smallest absolute Gasteiger partial charge is 0.422 e. The Morgan fingerprint density at radius 2 is 2.03 bits per heavy atom. The van der Waals surface area contributed by atoms with E-state index in [0.29, 0.717) is 24.0 Å². The van der Waals surface area contributed by atoms with Crippen LogP contribution in [-0.4, -0.2) is 28.8 Å². The molecule has 1 aliphatic carbocycles. The van der Waals surface area contributed by atoms with Crippen LogP contribution in [0.25, 0.3) is 0 Å². The average Bonchev–Trinajstić information content (AvgIpc) is 3.40. The van der Waals surface area contributed by atoms with Crippen molar-refractivity contribution in [3.8, 4) is 5.75 Å². The summed E-state index contributed by atoms with van der Waals surface area (Å²) in [6, 6.07) is 9.37. The molecular weight excluding hydrogens is 409 g/mol. The van der Waals surface area contributed by atoms with Crippen molar-refractivity contribution in [1.29, 1.82) is 0 Å². The Kier molecular flexibility index (Phi) is 5.78. The molecule has 3 rings (SSSR count). The maximum atomic E-state index is 12.6. The lowest BCUT2D eigenvalue weighted by Gasteiger charge is -2.25. The summed E-state index contributed by atoms with van der Waals surface area (Å²) in [6.07, 6.45) is -1.94. The second-order valence-corrected chi connectivity index (χ2v) is 7.77. The SMILES string of the molecule is C[C@](O)(CC(=O)NC1(c2cccc(OCC(F)(F)F)c2)CC1)c1ccc(Cl)nc1. The van der Waals surface area contributed by atoms with Crippen LogP contribution in [-0.2, 0) is 15.9 Å². The molecule has 1 amide bonds. The molecule has 29 heavy (non-hydrogen) atoms. The van der Waals surface area contributed by atoms with Crippen molar-refractivity contribution < 1.29 is 27.8 Å². The van der Waals surface area contributed by atoms with Crippen LogP contribution < -0.4 is 10.1 Å². The molecule has 0 bridgehead atoms. The molecule has 5 nitrogen and oxygen atoms in total. The van der Waals surface area contributed by atoms with E-state index in [2.05, 4.69) is 10.3 Å². The fraction of sp³-hybridized carbons (Fsp3) is 0.400. The molecule has 1 heterocycles. The molecular formula is C20H20ClF3N2O3. The summed E-state index contributed by atoms with van der Waals surface area (Å²) in [5.41, 5.74) is -0.999. The highest BCUT2D eigenvalue weighted by Crippen LogP contribution is 2.46. The standard InChI is InChI=1S/C20H20ClF3N2O3/c1-18(28,14-5-6-16(21)25-11-14)10-17(27)26-19(7-8-19)13-3-2-4-15(9-13)29-12-20(22,23)24/h2-6,9,11,28H,7-8,10,12H2,1H3,(H,26,27)/t18-/m0/s1. The third-order valence-electron chi connectivity index (χ3n) is 4.77. The van der Waals surface area contributed by atoms with Gasteiger partial charge in [0.25, 0.3) is 0 Å². The van der Waals surface area contributed by atoms with E-state index in [1.54, 1.807) is 18.2 Å². The Bertz CT molecular complexity index is 881. The van der Waals surface area contributed by atoms with Gasteiger partial charge in [-0.2, -0.15) is 13.2 Å². The fourth-order valence-electron chi connectivity index (χ4n) is 3.08. The van der Waals surface area contributed by atoms with Crippen molar-refractivity contribution in [2.24, 2.45) is 0 Å². The maximum Gasteiger partial charge on any atom is 0.422 e. The number of benzene rings is 1. The summed E-state index contributed by atoms with van der Waals surface area (Å²) in [5, 5.41) is 13.8. The number of carbonyl (C=O) groups excluding carboxylic acids is 1. The quantitative estimate of drug-likeness (QED) is 0.652. The van der Waals surface area contributed by atoms with Crippen LogP contribution >= 0.6 is 11.6 Å². The summed E-state index contributed by atoms with van der Waals surface area (Å²) < 4.78 is 41.9. The van der Waals surface area contributed by atoms with Crippen molar-refractivity contribution in [2.75, 3.05) is 6.61 Å². The second kappa shape index (κ2) is 7.84. The minimum atomic E-state index is -4.43. The lowest BCUT2D eigenvalue weighted by Crippen LogP contribution is -2.39. The number of hydrogen-bond donors (Lipinski definition) is 2. The summed E-state index contributed by atoms with van der Waals surface area (Å²) in [7, 11) is 0. The van der Waals surface area contributed by atoms with Gasteiger partial charge in [-0.05, 0) is 43.5 Å². The predicted molar refractivity (Wildman–Crippen MR) is 100 cm³/mol. The molecule has 0 radical (unpaired) electrons. The van der Waals surface area contributed by atoms with Crippen LogP contribution in [0.4, 0.5) is 13.2 Å². The first-order valence-corrected chi connectivity index (χ1v) is 9.32. The largest absolute Gasteiger partial charge is 0.484 e. The van der Waals surface area contributed by atoms with Gasteiger partial charge in [-0.15, -0.1) is 0 Å². The molecule has 2 aromatic rings. The van der Waals surface area contributed by atoms with Gasteiger partial charge < -0.3 is 15.2 Å². The van der Waals surface area contributed by atoms with Crippen molar-refractivity contribution in [3.05, 3.63) is 58.9 Å². The Morgan fingerprint density at radius 1 is 1.31 bits per heavy atom. The zero-order chi connectivity index (χ0) is 21.3. The van der Waals surface area contributed by atoms with E-state index in [1.165, 1.54) is 31.3 Å². The van der Waals surface area contributed by atoms with Gasteiger partial charge in [0.05, 0.1) is 17.6 Å². The number of aliphatic hydroxyl groups is 1. The Balaban J connectivity index is 1.66. The number of ether oxygens (including phenoxy) is 1. The third-order valence-corrected chi connectivity index (χ3v) is 5.00. The van der Waals surface area contributed by atoms with Crippen molar-refractivity contribution >= 4 is 17.5 Å². The number of hydrogen-bond acceptors (Lipinski definition) is 4. The maximum absolute atomic E-state index is 12.6. The van der Waals surface area contributed by atoms with E-state index in [9.17, 15) is 23.1 Å². The van der Waals surface area contributed by atoms with Crippen LogP contribution in [0.2, 0.25) is 5.15 Å². The number of nitrogens with zero attached hydrogens (tertiary/aromatic N) is 1. The number of alkyl halides is 3. The Labute approximate surface area is 170 Å². The average molecular weight is 429 g/mol. The number of pyridine rings is 1. The van der Waals surface area contributed by atoms with Gasteiger partial charge in [-0.3, -0.25) is 4.79 Å². The monoisotopic (exact) mass is 428 g/mol. The van der Waals surface area contributed by atoms with Crippen LogP contribution in [0.3, 0.4) is 0 Å². The number of carbonyl (C=O) groups is 1. The van der Waals surface area contributed by atoms with Gasteiger partial charge in [0.15, 0.2) is 6.61 Å². The number of aromatic nitrogens is 1. The van der Waals surface area contributed by atoms with E-state index in [0.717, 1.165) is 0 Å². The molecule has 0 saturated heterocycles. The van der Waals surface area contributed by atoms with E-state index in [-0.39, 0.29) is 23.2 Å². The minimum absolute atomic E-state index is 0.0829. The summed E-state index contributed by atoms with van der Waals surface area (Å²) >= 11 is 5.75. The highest BCUT2D eigenvalue weighted by Gasteiger charge is 2.46. The van der Waals surface area contributed by atoms with Crippen LogP contribution in [0.5, 0.6) is 5.75 Å². The van der Waals surface area contributed by atoms with Gasteiger partial charge in [-0.1, -0.05) is 29.8 Å². The molecule has 9 heteroatoms. The van der Waals surface area contributed by atoms with Crippen molar-refractivity contribution in [2.45, 2.75) is 43.5 Å². The fourth-order valence-corrected chi connectivity index (χ4v) is 3.19. The number of halogens is 4. The third kappa shape index (κ3) is 5.61. The predicted octanol–water partition coefficient (Wildman–Crippen LogP) is 4.08. The zero-order valence-corrected chi connectivity index (χ0v) is 16.3. The minimum Gasteiger partial charge on any atom is -0.484 e. The Hall–Kier alpha value is -2.32. The highest BCUT2D eigenvalue weighted by molar-refractivity contribution is 6.29. The number of nitrogens with one attached hydrogen (secondary N) is 1. The lowest BCUT2D eigenvalue weighted by atomic mass is 9.93. The molecule has 2 N–H and O–H groups in total. The molecule has 1 fully saturated rings. The molecule has 156 valence electrons. The zero-order valence-electron chi connectivity index (χ0n) is 15.6.